The lowest BCUT2D eigenvalue weighted by atomic mass is 9.98. The van der Waals surface area contributed by atoms with E-state index < -0.39 is 0 Å². The van der Waals surface area contributed by atoms with Crippen LogP contribution in [-0.4, -0.2) is 41.7 Å². The maximum atomic E-state index is 12.9. The first-order valence-electron chi connectivity index (χ1n) is 8.94. The average molecular weight is 338 g/mol. The molecule has 0 spiro atoms. The minimum atomic E-state index is -0.202. The van der Waals surface area contributed by atoms with E-state index in [2.05, 4.69) is 10.2 Å². The number of hydrogen-bond donors (Lipinski definition) is 2. The number of hydrogen-bond acceptors (Lipinski definition) is 3. The Bertz CT molecular complexity index is 635. The van der Waals surface area contributed by atoms with Crippen LogP contribution in [0.15, 0.2) is 60.7 Å². The molecule has 2 unspecified atom stereocenters. The Labute approximate surface area is 149 Å². The second kappa shape index (κ2) is 8.28. The fourth-order valence-electron chi connectivity index (χ4n) is 3.44. The van der Waals surface area contributed by atoms with Gasteiger partial charge in [-0.25, -0.2) is 0 Å². The second-order valence-corrected chi connectivity index (χ2v) is 6.77. The molecule has 1 heterocycles. The summed E-state index contributed by atoms with van der Waals surface area (Å²) < 4.78 is 0. The van der Waals surface area contributed by atoms with Crippen LogP contribution in [0.1, 0.15) is 30.5 Å². The summed E-state index contributed by atoms with van der Waals surface area (Å²) in [6, 6.07) is 19.7. The zero-order valence-corrected chi connectivity index (χ0v) is 14.6. The van der Waals surface area contributed by atoms with Crippen LogP contribution < -0.4 is 5.32 Å². The average Bonchev–Trinajstić information content (AvgIpc) is 3.16. The van der Waals surface area contributed by atoms with Gasteiger partial charge in [0.1, 0.15) is 0 Å². The highest BCUT2D eigenvalue weighted by Crippen LogP contribution is 2.23. The Kier molecular flexibility index (Phi) is 5.84. The fourth-order valence-corrected chi connectivity index (χ4v) is 3.44. The molecule has 25 heavy (non-hydrogen) atoms. The van der Waals surface area contributed by atoms with Gasteiger partial charge in [-0.15, -0.1) is 0 Å². The van der Waals surface area contributed by atoms with Gasteiger partial charge in [0.25, 0.3) is 0 Å². The Morgan fingerprint density at radius 2 is 1.68 bits per heavy atom. The van der Waals surface area contributed by atoms with E-state index in [-0.39, 0.29) is 30.5 Å². The SMILES string of the molecule is CC(C(=O)NC(c1ccccc1)c1ccccc1)N1CCC(CO)C1. The highest BCUT2D eigenvalue weighted by atomic mass is 16.3. The normalized spacial score (nSPS) is 19.1. The van der Waals surface area contributed by atoms with E-state index in [1.165, 1.54) is 0 Å². The summed E-state index contributed by atoms with van der Waals surface area (Å²) in [7, 11) is 0. The lowest BCUT2D eigenvalue weighted by Gasteiger charge is -2.27. The lowest BCUT2D eigenvalue weighted by molar-refractivity contribution is -0.126. The summed E-state index contributed by atoms with van der Waals surface area (Å²) in [4.78, 5) is 15.0. The Balaban J connectivity index is 1.75. The van der Waals surface area contributed by atoms with Gasteiger partial charge in [-0.1, -0.05) is 60.7 Å². The van der Waals surface area contributed by atoms with Crippen LogP contribution in [0.5, 0.6) is 0 Å². The molecule has 0 aromatic heterocycles. The van der Waals surface area contributed by atoms with Gasteiger partial charge in [0.2, 0.25) is 5.91 Å². The molecule has 0 radical (unpaired) electrons. The third-order valence-electron chi connectivity index (χ3n) is 5.06. The van der Waals surface area contributed by atoms with Crippen LogP contribution in [0.2, 0.25) is 0 Å². The number of nitrogens with one attached hydrogen (secondary N) is 1. The molecule has 2 atom stereocenters. The molecule has 4 heteroatoms. The van der Waals surface area contributed by atoms with Gasteiger partial charge in [-0.05, 0) is 36.9 Å². The van der Waals surface area contributed by atoms with Gasteiger partial charge in [-0.3, -0.25) is 9.69 Å². The summed E-state index contributed by atoms with van der Waals surface area (Å²) in [6.45, 7) is 3.79. The number of likely N-dealkylation sites (tertiary alicyclic amines) is 1. The predicted molar refractivity (Wildman–Crippen MR) is 99.1 cm³/mol. The van der Waals surface area contributed by atoms with E-state index in [0.29, 0.717) is 0 Å². The van der Waals surface area contributed by atoms with Gasteiger partial charge < -0.3 is 10.4 Å². The van der Waals surface area contributed by atoms with Crippen LogP contribution >= 0.6 is 0 Å². The van der Waals surface area contributed by atoms with Gasteiger partial charge in [0, 0.05) is 13.2 Å². The predicted octanol–water partition coefficient (Wildman–Crippen LogP) is 2.59. The Morgan fingerprint density at radius 1 is 1.12 bits per heavy atom. The molecular formula is C21H26N2O2. The number of carbonyl (C=O) groups excluding carboxylic acids is 1. The maximum Gasteiger partial charge on any atom is 0.237 e. The molecule has 1 saturated heterocycles. The molecule has 1 amide bonds. The highest BCUT2D eigenvalue weighted by Gasteiger charge is 2.30. The largest absolute Gasteiger partial charge is 0.396 e. The van der Waals surface area contributed by atoms with Crippen molar-refractivity contribution in [3.63, 3.8) is 0 Å². The van der Waals surface area contributed by atoms with E-state index >= 15 is 0 Å². The van der Waals surface area contributed by atoms with Crippen molar-refractivity contribution < 1.29 is 9.90 Å². The number of amides is 1. The summed E-state index contributed by atoms with van der Waals surface area (Å²) in [6.07, 6.45) is 0.953. The van der Waals surface area contributed by atoms with Crippen LogP contribution in [-0.2, 0) is 4.79 Å². The number of rotatable bonds is 6. The second-order valence-electron chi connectivity index (χ2n) is 6.77. The maximum absolute atomic E-state index is 12.9. The first-order valence-corrected chi connectivity index (χ1v) is 8.94. The van der Waals surface area contributed by atoms with Crippen molar-refractivity contribution in [3.8, 4) is 0 Å². The molecule has 2 aromatic carbocycles. The lowest BCUT2D eigenvalue weighted by Crippen LogP contribution is -2.45. The Morgan fingerprint density at radius 3 is 2.16 bits per heavy atom. The van der Waals surface area contributed by atoms with Crippen molar-refractivity contribution in [2.24, 2.45) is 5.92 Å². The highest BCUT2D eigenvalue weighted by molar-refractivity contribution is 5.82. The molecule has 1 aliphatic heterocycles. The number of benzene rings is 2. The quantitative estimate of drug-likeness (QED) is 0.851. The number of carbonyl (C=O) groups is 1. The van der Waals surface area contributed by atoms with E-state index in [9.17, 15) is 9.90 Å². The number of aliphatic hydroxyl groups excluding tert-OH is 1. The van der Waals surface area contributed by atoms with Crippen molar-refractivity contribution in [2.75, 3.05) is 19.7 Å². The van der Waals surface area contributed by atoms with Crippen LogP contribution in [0, 0.1) is 5.92 Å². The summed E-state index contributed by atoms with van der Waals surface area (Å²) in [5, 5.41) is 12.5. The molecule has 0 bridgehead atoms. The van der Waals surface area contributed by atoms with E-state index in [1.807, 2.05) is 67.6 Å². The molecule has 132 valence electrons. The van der Waals surface area contributed by atoms with E-state index in [1.54, 1.807) is 0 Å². The molecule has 3 rings (SSSR count). The zero-order valence-electron chi connectivity index (χ0n) is 14.6. The Hall–Kier alpha value is -2.17. The van der Waals surface area contributed by atoms with Gasteiger partial charge in [-0.2, -0.15) is 0 Å². The molecular weight excluding hydrogens is 312 g/mol. The molecule has 1 fully saturated rings. The van der Waals surface area contributed by atoms with Crippen LogP contribution in [0.25, 0.3) is 0 Å². The monoisotopic (exact) mass is 338 g/mol. The van der Waals surface area contributed by atoms with Crippen LogP contribution in [0.3, 0.4) is 0 Å². The van der Waals surface area contributed by atoms with Crippen molar-refractivity contribution in [3.05, 3.63) is 71.8 Å². The van der Waals surface area contributed by atoms with Crippen LogP contribution in [0.4, 0.5) is 0 Å². The van der Waals surface area contributed by atoms with Crippen molar-refractivity contribution in [1.29, 1.82) is 0 Å². The fraction of sp³-hybridized carbons (Fsp3) is 0.381. The molecule has 4 nitrogen and oxygen atoms in total. The minimum Gasteiger partial charge on any atom is -0.396 e. The third-order valence-corrected chi connectivity index (χ3v) is 5.06. The summed E-state index contributed by atoms with van der Waals surface area (Å²) in [5.41, 5.74) is 2.15. The number of aliphatic hydroxyl groups is 1. The molecule has 1 aliphatic rings. The molecule has 2 aromatic rings. The molecule has 0 aliphatic carbocycles. The topological polar surface area (TPSA) is 52.6 Å². The first-order chi connectivity index (χ1) is 12.2. The van der Waals surface area contributed by atoms with E-state index in [0.717, 1.165) is 30.6 Å². The smallest absolute Gasteiger partial charge is 0.237 e. The first kappa shape index (κ1) is 17.6. The van der Waals surface area contributed by atoms with E-state index in [4.69, 9.17) is 0 Å². The third kappa shape index (κ3) is 4.27. The minimum absolute atomic E-state index is 0.0243. The number of nitrogens with zero attached hydrogens (tertiary/aromatic N) is 1. The summed E-state index contributed by atoms with van der Waals surface area (Å²) in [5.74, 6) is 0.311. The van der Waals surface area contributed by atoms with Crippen molar-refractivity contribution >= 4 is 5.91 Å². The zero-order chi connectivity index (χ0) is 17.6. The standard InChI is InChI=1S/C21H26N2O2/c1-16(23-13-12-17(14-23)15-24)21(25)22-20(18-8-4-2-5-9-18)19-10-6-3-7-11-19/h2-11,16-17,20,24H,12-15H2,1H3,(H,22,25). The molecule has 0 saturated carbocycles. The van der Waals surface area contributed by atoms with Crippen molar-refractivity contribution in [1.82, 2.24) is 10.2 Å². The van der Waals surface area contributed by atoms with Gasteiger partial charge in [0.05, 0.1) is 12.1 Å². The van der Waals surface area contributed by atoms with Gasteiger partial charge >= 0.3 is 0 Å². The summed E-state index contributed by atoms with van der Waals surface area (Å²) >= 11 is 0. The van der Waals surface area contributed by atoms with Crippen molar-refractivity contribution in [2.45, 2.75) is 25.4 Å². The molecule has 2 N–H and O–H groups in total. The van der Waals surface area contributed by atoms with Gasteiger partial charge in [0.15, 0.2) is 0 Å².